The molecule has 1 heterocycles. The molecule has 0 unspecified atom stereocenters. The van der Waals surface area contributed by atoms with Crippen molar-refractivity contribution in [3.8, 4) is 0 Å². The summed E-state index contributed by atoms with van der Waals surface area (Å²) in [4.78, 5) is 11.0. The summed E-state index contributed by atoms with van der Waals surface area (Å²) in [5, 5.41) is 7.54. The number of carbonyl (C=O) groups excluding carboxylic acids is 1. The van der Waals surface area contributed by atoms with Gasteiger partial charge in [0, 0.05) is 23.5 Å². The monoisotopic (exact) mass is 322 g/mol. The smallest absolute Gasteiger partial charge is 0.248 e. The zero-order valence-corrected chi connectivity index (χ0v) is 12.1. The quantitative estimate of drug-likeness (QED) is 0.886. The van der Waals surface area contributed by atoms with Crippen LogP contribution in [0.4, 0.5) is 5.69 Å². The molecule has 0 saturated carbocycles. The van der Waals surface area contributed by atoms with E-state index in [1.807, 2.05) is 23.0 Å². The lowest BCUT2D eigenvalue weighted by Gasteiger charge is -2.15. The summed E-state index contributed by atoms with van der Waals surface area (Å²) in [6.07, 6.45) is 3.68. The van der Waals surface area contributed by atoms with Crippen molar-refractivity contribution in [2.24, 2.45) is 5.73 Å². The van der Waals surface area contributed by atoms with Crippen LogP contribution in [0.2, 0.25) is 0 Å². The molecule has 1 amide bonds. The molecule has 1 aromatic heterocycles. The molecule has 0 aliphatic rings. The summed E-state index contributed by atoms with van der Waals surface area (Å²) in [7, 11) is 0. The standard InChI is InChI=1S/C13H15BrN4O/c1-9(7-18-8-11(14)6-16-18)17-12-4-2-10(3-5-12)13(15)19/h2-6,8-9,17H,7H2,1H3,(H2,15,19)/t9-/m0/s1. The number of nitrogens with two attached hydrogens (primary N) is 1. The van der Waals surface area contributed by atoms with Crippen molar-refractivity contribution < 1.29 is 4.79 Å². The zero-order chi connectivity index (χ0) is 13.8. The molecule has 1 atom stereocenters. The average Bonchev–Trinajstić information content (AvgIpc) is 2.75. The number of halogens is 1. The van der Waals surface area contributed by atoms with Gasteiger partial charge in [0.1, 0.15) is 0 Å². The Morgan fingerprint density at radius 3 is 2.68 bits per heavy atom. The molecular formula is C13H15BrN4O. The highest BCUT2D eigenvalue weighted by Crippen LogP contribution is 2.12. The van der Waals surface area contributed by atoms with Gasteiger partial charge in [0.05, 0.1) is 17.2 Å². The third-order valence-electron chi connectivity index (χ3n) is 2.65. The Labute approximate surface area is 119 Å². The average molecular weight is 323 g/mol. The van der Waals surface area contributed by atoms with Gasteiger partial charge in [0.25, 0.3) is 0 Å². The minimum atomic E-state index is -0.416. The fourth-order valence-electron chi connectivity index (χ4n) is 1.78. The van der Waals surface area contributed by atoms with E-state index in [1.165, 1.54) is 0 Å². The lowest BCUT2D eigenvalue weighted by atomic mass is 10.2. The number of anilines is 1. The molecule has 0 spiro atoms. The molecular weight excluding hydrogens is 308 g/mol. The van der Waals surface area contributed by atoms with Crippen LogP contribution in [0, 0.1) is 0 Å². The number of benzene rings is 1. The molecule has 0 bridgehead atoms. The van der Waals surface area contributed by atoms with Crippen LogP contribution in [-0.2, 0) is 6.54 Å². The molecule has 100 valence electrons. The third kappa shape index (κ3) is 3.82. The van der Waals surface area contributed by atoms with Gasteiger partial charge in [0.15, 0.2) is 0 Å². The predicted molar refractivity (Wildman–Crippen MR) is 78.0 cm³/mol. The highest BCUT2D eigenvalue weighted by atomic mass is 79.9. The summed E-state index contributed by atoms with van der Waals surface area (Å²) < 4.78 is 2.82. The summed E-state index contributed by atoms with van der Waals surface area (Å²) in [6.45, 7) is 2.82. The number of carbonyl (C=O) groups is 1. The van der Waals surface area contributed by atoms with Crippen molar-refractivity contribution in [2.75, 3.05) is 5.32 Å². The first-order valence-electron chi connectivity index (χ1n) is 5.89. The zero-order valence-electron chi connectivity index (χ0n) is 10.5. The number of aromatic nitrogens is 2. The molecule has 1 aromatic carbocycles. The van der Waals surface area contributed by atoms with E-state index in [-0.39, 0.29) is 6.04 Å². The van der Waals surface area contributed by atoms with Crippen molar-refractivity contribution in [3.05, 3.63) is 46.7 Å². The second-order valence-corrected chi connectivity index (χ2v) is 5.28. The van der Waals surface area contributed by atoms with Crippen LogP contribution in [0.5, 0.6) is 0 Å². The van der Waals surface area contributed by atoms with Crippen LogP contribution in [0.1, 0.15) is 17.3 Å². The fourth-order valence-corrected chi connectivity index (χ4v) is 2.11. The van der Waals surface area contributed by atoms with Gasteiger partial charge in [-0.15, -0.1) is 0 Å². The summed E-state index contributed by atoms with van der Waals surface area (Å²) in [5.74, 6) is -0.416. The summed E-state index contributed by atoms with van der Waals surface area (Å²) in [6, 6.07) is 7.32. The number of hydrogen-bond acceptors (Lipinski definition) is 3. The Bertz CT molecular complexity index is 564. The molecule has 2 rings (SSSR count). The summed E-state index contributed by atoms with van der Waals surface area (Å²) in [5.41, 5.74) is 6.65. The predicted octanol–water partition coefficient (Wildman–Crippen LogP) is 2.25. The number of nitrogens with zero attached hydrogens (tertiary/aromatic N) is 2. The normalized spacial score (nSPS) is 12.1. The lowest BCUT2D eigenvalue weighted by molar-refractivity contribution is 0.100. The maximum Gasteiger partial charge on any atom is 0.248 e. The van der Waals surface area contributed by atoms with Crippen LogP contribution >= 0.6 is 15.9 Å². The van der Waals surface area contributed by atoms with E-state index in [2.05, 4.69) is 33.3 Å². The largest absolute Gasteiger partial charge is 0.381 e. The van der Waals surface area contributed by atoms with Crippen LogP contribution in [0.3, 0.4) is 0 Å². The third-order valence-corrected chi connectivity index (χ3v) is 3.05. The van der Waals surface area contributed by atoms with E-state index in [1.54, 1.807) is 18.3 Å². The van der Waals surface area contributed by atoms with E-state index >= 15 is 0 Å². The van der Waals surface area contributed by atoms with Crippen molar-refractivity contribution in [3.63, 3.8) is 0 Å². The molecule has 0 aliphatic heterocycles. The Morgan fingerprint density at radius 1 is 1.47 bits per heavy atom. The Hall–Kier alpha value is -1.82. The second-order valence-electron chi connectivity index (χ2n) is 4.37. The molecule has 3 N–H and O–H groups in total. The molecule has 0 aliphatic carbocycles. The van der Waals surface area contributed by atoms with E-state index in [0.717, 1.165) is 16.7 Å². The number of primary amides is 1. The first-order chi connectivity index (χ1) is 9.04. The van der Waals surface area contributed by atoms with E-state index in [0.29, 0.717) is 5.56 Å². The first kappa shape index (κ1) is 13.6. The first-order valence-corrected chi connectivity index (χ1v) is 6.68. The number of amides is 1. The molecule has 0 saturated heterocycles. The van der Waals surface area contributed by atoms with Gasteiger partial charge in [-0.2, -0.15) is 5.10 Å². The molecule has 0 radical (unpaired) electrons. The van der Waals surface area contributed by atoms with Crippen molar-refractivity contribution in [2.45, 2.75) is 19.5 Å². The van der Waals surface area contributed by atoms with Gasteiger partial charge in [-0.25, -0.2) is 0 Å². The van der Waals surface area contributed by atoms with Crippen LogP contribution in [0.15, 0.2) is 41.1 Å². The van der Waals surface area contributed by atoms with Crippen LogP contribution < -0.4 is 11.1 Å². The van der Waals surface area contributed by atoms with E-state index in [9.17, 15) is 4.79 Å². The maximum atomic E-state index is 11.0. The number of rotatable bonds is 5. The van der Waals surface area contributed by atoms with Crippen molar-refractivity contribution in [1.82, 2.24) is 9.78 Å². The SMILES string of the molecule is C[C@@H](Cn1cc(Br)cn1)Nc1ccc(C(N)=O)cc1. The van der Waals surface area contributed by atoms with Gasteiger partial charge in [-0.3, -0.25) is 9.48 Å². The van der Waals surface area contributed by atoms with E-state index in [4.69, 9.17) is 5.73 Å². The molecule has 19 heavy (non-hydrogen) atoms. The van der Waals surface area contributed by atoms with Gasteiger partial charge in [-0.1, -0.05) is 0 Å². The number of hydrogen-bond donors (Lipinski definition) is 2. The van der Waals surface area contributed by atoms with Gasteiger partial charge >= 0.3 is 0 Å². The highest BCUT2D eigenvalue weighted by Gasteiger charge is 2.05. The Morgan fingerprint density at radius 2 is 2.16 bits per heavy atom. The van der Waals surface area contributed by atoms with Crippen LogP contribution in [-0.4, -0.2) is 21.7 Å². The minimum Gasteiger partial charge on any atom is -0.381 e. The van der Waals surface area contributed by atoms with Crippen molar-refractivity contribution >= 4 is 27.5 Å². The van der Waals surface area contributed by atoms with Gasteiger partial charge in [-0.05, 0) is 47.1 Å². The van der Waals surface area contributed by atoms with Gasteiger partial charge in [0.2, 0.25) is 5.91 Å². The summed E-state index contributed by atoms with van der Waals surface area (Å²) >= 11 is 3.36. The molecule has 6 heteroatoms. The Balaban J connectivity index is 1.94. The topological polar surface area (TPSA) is 72.9 Å². The molecule has 0 fully saturated rings. The van der Waals surface area contributed by atoms with Crippen molar-refractivity contribution in [1.29, 1.82) is 0 Å². The number of nitrogens with one attached hydrogen (secondary N) is 1. The lowest BCUT2D eigenvalue weighted by Crippen LogP contribution is -2.22. The molecule has 2 aromatic rings. The highest BCUT2D eigenvalue weighted by molar-refractivity contribution is 9.10. The second kappa shape index (κ2) is 5.88. The van der Waals surface area contributed by atoms with Gasteiger partial charge < -0.3 is 11.1 Å². The Kier molecular flexibility index (Phi) is 4.21. The van der Waals surface area contributed by atoms with E-state index < -0.39 is 5.91 Å². The fraction of sp³-hybridized carbons (Fsp3) is 0.231. The molecule has 5 nitrogen and oxygen atoms in total. The maximum absolute atomic E-state index is 11.0. The van der Waals surface area contributed by atoms with Crippen LogP contribution in [0.25, 0.3) is 0 Å². The minimum absolute atomic E-state index is 0.214.